The van der Waals surface area contributed by atoms with Gasteiger partial charge < -0.3 is 9.47 Å². The topological polar surface area (TPSA) is 35.5 Å². The molecule has 22 heavy (non-hydrogen) atoms. The number of hydrogen-bond acceptors (Lipinski definition) is 3. The molecule has 116 valence electrons. The third-order valence-corrected chi connectivity index (χ3v) is 4.31. The number of carbonyl (C=O) groups is 1. The summed E-state index contributed by atoms with van der Waals surface area (Å²) in [6, 6.07) is 13.7. The number of carbonyl (C=O) groups excluding carboxylic acids is 1. The molecule has 2 aromatic rings. The van der Waals surface area contributed by atoms with Gasteiger partial charge in [0.1, 0.15) is 18.1 Å². The van der Waals surface area contributed by atoms with Gasteiger partial charge in [-0.1, -0.05) is 32.0 Å². The van der Waals surface area contributed by atoms with Gasteiger partial charge in [0.2, 0.25) is 0 Å². The fourth-order valence-electron chi connectivity index (χ4n) is 1.95. The highest BCUT2D eigenvalue weighted by atomic mass is 127. The molecule has 0 saturated heterocycles. The number of benzene rings is 2. The van der Waals surface area contributed by atoms with Crippen LogP contribution in [0.4, 0.5) is 0 Å². The second-order valence-corrected chi connectivity index (χ2v) is 5.99. The molecule has 0 aliphatic heterocycles. The molecule has 4 heteroatoms. The van der Waals surface area contributed by atoms with Crippen molar-refractivity contribution < 1.29 is 14.3 Å². The quantitative estimate of drug-likeness (QED) is 0.392. The Balaban J connectivity index is 2.12. The van der Waals surface area contributed by atoms with Crippen LogP contribution in [0.3, 0.4) is 0 Å². The minimum Gasteiger partial charge on any atom is -0.489 e. The van der Waals surface area contributed by atoms with Gasteiger partial charge in [0.25, 0.3) is 0 Å². The predicted molar refractivity (Wildman–Crippen MR) is 95.2 cm³/mol. The average Bonchev–Trinajstić information content (AvgIpc) is 2.54. The first-order valence-electron chi connectivity index (χ1n) is 7.33. The molecule has 0 heterocycles. The summed E-state index contributed by atoms with van der Waals surface area (Å²) in [7, 11) is 0. The van der Waals surface area contributed by atoms with Gasteiger partial charge in [-0.05, 0) is 58.8 Å². The molecule has 0 saturated carbocycles. The summed E-state index contributed by atoms with van der Waals surface area (Å²) in [6.45, 7) is 4.27. The molecule has 0 aliphatic carbocycles. The van der Waals surface area contributed by atoms with E-state index in [0.29, 0.717) is 18.8 Å². The standard InChI is InChI=1S/C18H19IO3/c1-3-13-8-10-14(11-9-13)21-12-15-16(19)6-5-7-17(15)22-18(20)4-2/h5-11H,3-4,12H2,1-2H3. The average molecular weight is 410 g/mol. The van der Waals surface area contributed by atoms with Crippen LogP contribution >= 0.6 is 22.6 Å². The zero-order valence-electron chi connectivity index (χ0n) is 12.8. The molecule has 2 aromatic carbocycles. The number of aryl methyl sites for hydroxylation is 1. The van der Waals surface area contributed by atoms with E-state index in [1.807, 2.05) is 24.3 Å². The second-order valence-electron chi connectivity index (χ2n) is 4.83. The minimum atomic E-state index is -0.240. The van der Waals surface area contributed by atoms with E-state index in [-0.39, 0.29) is 5.97 Å². The lowest BCUT2D eigenvalue weighted by atomic mass is 10.2. The monoisotopic (exact) mass is 410 g/mol. The van der Waals surface area contributed by atoms with Gasteiger partial charge in [0, 0.05) is 15.6 Å². The van der Waals surface area contributed by atoms with Crippen molar-refractivity contribution in [2.75, 3.05) is 0 Å². The summed E-state index contributed by atoms with van der Waals surface area (Å²) >= 11 is 2.23. The van der Waals surface area contributed by atoms with Crippen molar-refractivity contribution in [2.24, 2.45) is 0 Å². The molecule has 0 N–H and O–H groups in total. The maximum Gasteiger partial charge on any atom is 0.310 e. The highest BCUT2D eigenvalue weighted by molar-refractivity contribution is 14.1. The van der Waals surface area contributed by atoms with E-state index in [4.69, 9.17) is 9.47 Å². The summed E-state index contributed by atoms with van der Waals surface area (Å²) in [6.07, 6.45) is 1.36. The molecule has 0 spiro atoms. The van der Waals surface area contributed by atoms with Crippen LogP contribution in [-0.4, -0.2) is 5.97 Å². The van der Waals surface area contributed by atoms with Gasteiger partial charge in [0.05, 0.1) is 0 Å². The van der Waals surface area contributed by atoms with Gasteiger partial charge in [-0.25, -0.2) is 0 Å². The van der Waals surface area contributed by atoms with Crippen LogP contribution in [0.2, 0.25) is 0 Å². The molecule has 0 unspecified atom stereocenters. The zero-order chi connectivity index (χ0) is 15.9. The Morgan fingerprint density at radius 2 is 1.82 bits per heavy atom. The number of hydrogen-bond donors (Lipinski definition) is 0. The molecule has 3 nitrogen and oxygen atoms in total. The predicted octanol–water partition coefficient (Wildman–Crippen LogP) is 4.75. The summed E-state index contributed by atoms with van der Waals surface area (Å²) in [5.41, 5.74) is 2.17. The van der Waals surface area contributed by atoms with Crippen LogP contribution in [0.5, 0.6) is 11.5 Å². The lowest BCUT2D eigenvalue weighted by Crippen LogP contribution is -2.09. The SMILES string of the molecule is CCC(=O)Oc1cccc(I)c1COc1ccc(CC)cc1. The van der Waals surface area contributed by atoms with Gasteiger partial charge in [-0.15, -0.1) is 0 Å². The van der Waals surface area contributed by atoms with Gasteiger partial charge in [-0.3, -0.25) is 4.79 Å². The molecular formula is C18H19IO3. The Bertz CT molecular complexity index is 635. The first-order chi connectivity index (χ1) is 10.6. The zero-order valence-corrected chi connectivity index (χ0v) is 14.9. The number of halogens is 1. The van der Waals surface area contributed by atoms with Crippen molar-refractivity contribution in [2.45, 2.75) is 33.3 Å². The molecule has 2 rings (SSSR count). The maximum atomic E-state index is 11.5. The third-order valence-electron chi connectivity index (χ3n) is 3.30. The summed E-state index contributed by atoms with van der Waals surface area (Å²) in [5, 5.41) is 0. The maximum absolute atomic E-state index is 11.5. The van der Waals surface area contributed by atoms with Gasteiger partial charge in [0.15, 0.2) is 0 Å². The second kappa shape index (κ2) is 8.17. The van der Waals surface area contributed by atoms with E-state index < -0.39 is 0 Å². The first kappa shape index (κ1) is 16.8. The summed E-state index contributed by atoms with van der Waals surface area (Å²) in [4.78, 5) is 11.5. The van der Waals surface area contributed by atoms with Crippen LogP contribution < -0.4 is 9.47 Å². The number of ether oxygens (including phenoxy) is 2. The summed E-state index contributed by atoms with van der Waals surface area (Å²) < 4.78 is 12.2. The smallest absolute Gasteiger partial charge is 0.310 e. The Hall–Kier alpha value is -1.56. The summed E-state index contributed by atoms with van der Waals surface area (Å²) in [5.74, 6) is 1.14. The highest BCUT2D eigenvalue weighted by Gasteiger charge is 2.12. The molecule has 0 amide bonds. The Labute approximate surface area is 144 Å². The van der Waals surface area contributed by atoms with E-state index in [1.165, 1.54) is 5.56 Å². The highest BCUT2D eigenvalue weighted by Crippen LogP contribution is 2.26. The molecule has 0 aliphatic rings. The fraction of sp³-hybridized carbons (Fsp3) is 0.278. The van der Waals surface area contributed by atoms with Gasteiger partial charge in [-0.2, -0.15) is 0 Å². The van der Waals surface area contributed by atoms with Crippen molar-refractivity contribution in [3.8, 4) is 11.5 Å². The number of rotatable bonds is 6. The van der Waals surface area contributed by atoms with Crippen molar-refractivity contribution in [3.63, 3.8) is 0 Å². The molecular weight excluding hydrogens is 391 g/mol. The first-order valence-corrected chi connectivity index (χ1v) is 8.41. The Morgan fingerprint density at radius 1 is 1.09 bits per heavy atom. The molecule has 0 atom stereocenters. The van der Waals surface area contributed by atoms with Crippen LogP contribution in [0.1, 0.15) is 31.4 Å². The largest absolute Gasteiger partial charge is 0.489 e. The third kappa shape index (κ3) is 4.47. The van der Waals surface area contributed by atoms with E-state index in [0.717, 1.165) is 21.3 Å². The van der Waals surface area contributed by atoms with Crippen LogP contribution in [0.15, 0.2) is 42.5 Å². The molecule has 0 aromatic heterocycles. The lowest BCUT2D eigenvalue weighted by molar-refractivity contribution is -0.134. The van der Waals surface area contributed by atoms with Crippen LogP contribution in [0.25, 0.3) is 0 Å². The minimum absolute atomic E-state index is 0.240. The van der Waals surface area contributed by atoms with Crippen molar-refractivity contribution in [3.05, 3.63) is 57.2 Å². The normalized spacial score (nSPS) is 10.3. The van der Waals surface area contributed by atoms with Crippen molar-refractivity contribution in [1.82, 2.24) is 0 Å². The fourth-order valence-corrected chi connectivity index (χ4v) is 2.58. The van der Waals surface area contributed by atoms with Crippen LogP contribution in [-0.2, 0) is 17.8 Å². The molecule has 0 radical (unpaired) electrons. The Morgan fingerprint density at radius 3 is 2.45 bits per heavy atom. The molecule has 0 fully saturated rings. The van der Waals surface area contributed by atoms with E-state index in [2.05, 4.69) is 41.6 Å². The van der Waals surface area contributed by atoms with E-state index in [1.54, 1.807) is 13.0 Å². The molecule has 0 bridgehead atoms. The van der Waals surface area contributed by atoms with Gasteiger partial charge >= 0.3 is 5.97 Å². The number of esters is 1. The van der Waals surface area contributed by atoms with Crippen molar-refractivity contribution in [1.29, 1.82) is 0 Å². The van der Waals surface area contributed by atoms with Crippen LogP contribution in [0, 0.1) is 3.57 Å². The van der Waals surface area contributed by atoms with Crippen molar-refractivity contribution >= 4 is 28.6 Å². The Kier molecular flexibility index (Phi) is 6.24. The lowest BCUT2D eigenvalue weighted by Gasteiger charge is -2.13. The van der Waals surface area contributed by atoms with E-state index >= 15 is 0 Å². The van der Waals surface area contributed by atoms with E-state index in [9.17, 15) is 4.79 Å².